The van der Waals surface area contributed by atoms with Gasteiger partial charge < -0.3 is 10.2 Å². The lowest BCUT2D eigenvalue weighted by Gasteiger charge is -2.17. The van der Waals surface area contributed by atoms with Gasteiger partial charge in [0.25, 0.3) is 0 Å². The summed E-state index contributed by atoms with van der Waals surface area (Å²) in [6.07, 6.45) is 5.21. The van der Waals surface area contributed by atoms with E-state index >= 15 is 0 Å². The highest BCUT2D eigenvalue weighted by Crippen LogP contribution is 2.27. The van der Waals surface area contributed by atoms with Crippen molar-refractivity contribution in [2.45, 2.75) is 19.3 Å². The van der Waals surface area contributed by atoms with Crippen molar-refractivity contribution in [3.63, 3.8) is 0 Å². The summed E-state index contributed by atoms with van der Waals surface area (Å²) < 4.78 is 0. The Morgan fingerprint density at radius 2 is 2.07 bits per heavy atom. The lowest BCUT2D eigenvalue weighted by atomic mass is 10.2. The number of anilines is 1. The number of amides is 2. The molecule has 1 aliphatic heterocycles. The highest BCUT2D eigenvalue weighted by molar-refractivity contribution is 7.13. The van der Waals surface area contributed by atoms with E-state index < -0.39 is 0 Å². The van der Waals surface area contributed by atoms with E-state index in [0.717, 1.165) is 28.4 Å². The number of thiazole rings is 1. The maximum Gasteiger partial charge on any atom is 0.246 e. The van der Waals surface area contributed by atoms with Crippen molar-refractivity contribution in [1.29, 1.82) is 0 Å². The molecule has 0 saturated carbocycles. The minimum absolute atomic E-state index is 0.0190. The summed E-state index contributed by atoms with van der Waals surface area (Å²) in [4.78, 5) is 35.0. The van der Waals surface area contributed by atoms with Crippen LogP contribution in [-0.4, -0.2) is 34.9 Å². The molecular formula is C21H20N4O2S. The number of fused-ring (bicyclic) bond motifs is 1. The monoisotopic (exact) mass is 392 g/mol. The Morgan fingerprint density at radius 1 is 1.18 bits per heavy atom. The molecule has 0 aliphatic carbocycles. The number of benzene rings is 1. The molecule has 2 amide bonds. The molecule has 142 valence electrons. The van der Waals surface area contributed by atoms with Crippen LogP contribution in [0.4, 0.5) is 5.69 Å². The van der Waals surface area contributed by atoms with Crippen LogP contribution in [0.15, 0.2) is 54.2 Å². The molecule has 4 rings (SSSR count). The lowest BCUT2D eigenvalue weighted by molar-refractivity contribution is -0.124. The van der Waals surface area contributed by atoms with Crippen molar-refractivity contribution in [3.8, 4) is 10.6 Å². The SMILES string of the molecule is O=C(CCc1csc(-c2cccnc2)n1)NCC(=O)N1CCc2ccccc21. The number of pyridine rings is 1. The lowest BCUT2D eigenvalue weighted by Crippen LogP contribution is -2.39. The molecular weight excluding hydrogens is 372 g/mol. The molecule has 0 radical (unpaired) electrons. The van der Waals surface area contributed by atoms with Gasteiger partial charge in [-0.15, -0.1) is 11.3 Å². The summed E-state index contributed by atoms with van der Waals surface area (Å²) in [5, 5.41) is 5.59. The molecule has 1 aromatic carbocycles. The third-order valence-corrected chi connectivity index (χ3v) is 5.63. The second-order valence-electron chi connectivity index (χ2n) is 6.59. The fourth-order valence-corrected chi connectivity index (χ4v) is 4.09. The number of hydrogen-bond donors (Lipinski definition) is 1. The Morgan fingerprint density at radius 3 is 2.93 bits per heavy atom. The first-order valence-corrected chi connectivity index (χ1v) is 10.1. The maximum atomic E-state index is 12.4. The fourth-order valence-electron chi connectivity index (χ4n) is 3.24. The number of carbonyl (C=O) groups excluding carboxylic acids is 2. The zero-order valence-corrected chi connectivity index (χ0v) is 16.1. The van der Waals surface area contributed by atoms with Crippen LogP contribution < -0.4 is 10.2 Å². The van der Waals surface area contributed by atoms with Gasteiger partial charge in [-0.3, -0.25) is 14.6 Å². The molecule has 0 atom stereocenters. The number of carbonyl (C=O) groups is 2. The Labute approximate surface area is 167 Å². The van der Waals surface area contributed by atoms with Crippen LogP contribution in [0.5, 0.6) is 0 Å². The van der Waals surface area contributed by atoms with Crippen molar-refractivity contribution in [2.75, 3.05) is 18.0 Å². The standard InChI is InChI=1S/C21H20N4O2S/c26-19(8-7-17-14-28-21(24-17)16-5-3-10-22-12-16)23-13-20(27)25-11-9-15-4-1-2-6-18(15)25/h1-6,10,12,14H,7-9,11,13H2,(H,23,26). The van der Waals surface area contributed by atoms with E-state index in [4.69, 9.17) is 0 Å². The van der Waals surface area contributed by atoms with Crippen LogP contribution in [-0.2, 0) is 22.4 Å². The normalized spacial score (nSPS) is 12.6. The quantitative estimate of drug-likeness (QED) is 0.700. The highest BCUT2D eigenvalue weighted by atomic mass is 32.1. The van der Waals surface area contributed by atoms with Crippen molar-refractivity contribution in [3.05, 3.63) is 65.4 Å². The Bertz CT molecular complexity index is 987. The van der Waals surface area contributed by atoms with Crippen LogP contribution >= 0.6 is 11.3 Å². The van der Waals surface area contributed by atoms with Crippen molar-refractivity contribution < 1.29 is 9.59 Å². The average molecular weight is 392 g/mol. The first kappa shape index (κ1) is 18.3. The molecule has 0 fully saturated rings. The number of nitrogens with zero attached hydrogens (tertiary/aromatic N) is 3. The number of para-hydroxylation sites is 1. The number of aryl methyl sites for hydroxylation is 1. The molecule has 0 bridgehead atoms. The van der Waals surface area contributed by atoms with Crippen molar-refractivity contribution in [2.24, 2.45) is 0 Å². The Kier molecular flexibility index (Phi) is 5.43. The molecule has 0 spiro atoms. The molecule has 6 nitrogen and oxygen atoms in total. The average Bonchev–Trinajstić information content (AvgIpc) is 3.38. The van der Waals surface area contributed by atoms with E-state index in [1.54, 1.807) is 17.3 Å². The van der Waals surface area contributed by atoms with Gasteiger partial charge >= 0.3 is 0 Å². The van der Waals surface area contributed by atoms with Gasteiger partial charge in [0.1, 0.15) is 5.01 Å². The van der Waals surface area contributed by atoms with Gasteiger partial charge in [0.15, 0.2) is 0 Å². The molecule has 3 heterocycles. The van der Waals surface area contributed by atoms with Crippen LogP contribution in [0.1, 0.15) is 17.7 Å². The number of aromatic nitrogens is 2. The number of nitrogens with one attached hydrogen (secondary N) is 1. The molecule has 1 aliphatic rings. The van der Waals surface area contributed by atoms with E-state index in [2.05, 4.69) is 15.3 Å². The maximum absolute atomic E-state index is 12.4. The summed E-state index contributed by atoms with van der Waals surface area (Å²) in [6, 6.07) is 11.7. The van der Waals surface area contributed by atoms with Gasteiger partial charge in [0.2, 0.25) is 11.8 Å². The highest BCUT2D eigenvalue weighted by Gasteiger charge is 2.24. The van der Waals surface area contributed by atoms with Crippen molar-refractivity contribution in [1.82, 2.24) is 15.3 Å². The van der Waals surface area contributed by atoms with Crippen molar-refractivity contribution >= 4 is 28.8 Å². The van der Waals surface area contributed by atoms with Gasteiger partial charge in [-0.05, 0) is 36.6 Å². The molecule has 0 unspecified atom stereocenters. The van der Waals surface area contributed by atoms with E-state index in [-0.39, 0.29) is 18.4 Å². The Balaban J connectivity index is 1.25. The second-order valence-corrected chi connectivity index (χ2v) is 7.44. The minimum atomic E-state index is -0.142. The predicted molar refractivity (Wildman–Crippen MR) is 109 cm³/mol. The zero-order chi connectivity index (χ0) is 19.3. The third-order valence-electron chi connectivity index (χ3n) is 4.69. The second kappa shape index (κ2) is 8.31. The summed E-state index contributed by atoms with van der Waals surface area (Å²) in [5.41, 5.74) is 3.97. The minimum Gasteiger partial charge on any atom is -0.347 e. The smallest absolute Gasteiger partial charge is 0.246 e. The van der Waals surface area contributed by atoms with E-state index in [1.807, 2.05) is 41.8 Å². The first-order valence-electron chi connectivity index (χ1n) is 9.20. The van der Waals surface area contributed by atoms with Crippen LogP contribution in [0, 0.1) is 0 Å². The molecule has 2 aromatic heterocycles. The predicted octanol–water partition coefficient (Wildman–Crippen LogP) is 2.84. The Hall–Kier alpha value is -3.06. The summed E-state index contributed by atoms with van der Waals surface area (Å²) in [6.45, 7) is 0.690. The summed E-state index contributed by atoms with van der Waals surface area (Å²) in [5.74, 6) is -0.220. The van der Waals surface area contributed by atoms with E-state index in [1.165, 1.54) is 16.9 Å². The number of hydrogen-bond acceptors (Lipinski definition) is 5. The van der Waals surface area contributed by atoms with Gasteiger partial charge in [-0.2, -0.15) is 0 Å². The topological polar surface area (TPSA) is 75.2 Å². The fraction of sp³-hybridized carbons (Fsp3) is 0.238. The van der Waals surface area contributed by atoms with Crippen LogP contribution in [0.3, 0.4) is 0 Å². The molecule has 7 heteroatoms. The zero-order valence-electron chi connectivity index (χ0n) is 15.3. The number of rotatable bonds is 6. The van der Waals surface area contributed by atoms with Gasteiger partial charge in [-0.25, -0.2) is 4.98 Å². The summed E-state index contributed by atoms with van der Waals surface area (Å²) in [7, 11) is 0. The molecule has 3 aromatic rings. The summed E-state index contributed by atoms with van der Waals surface area (Å²) >= 11 is 1.54. The third kappa shape index (κ3) is 4.09. The molecule has 1 N–H and O–H groups in total. The largest absolute Gasteiger partial charge is 0.347 e. The molecule has 28 heavy (non-hydrogen) atoms. The van der Waals surface area contributed by atoms with Gasteiger partial charge in [0, 0.05) is 42.0 Å². The van der Waals surface area contributed by atoms with Gasteiger partial charge in [0.05, 0.1) is 12.2 Å². The van der Waals surface area contributed by atoms with Crippen LogP contribution in [0.2, 0.25) is 0 Å². The van der Waals surface area contributed by atoms with Gasteiger partial charge in [-0.1, -0.05) is 18.2 Å². The van der Waals surface area contributed by atoms with E-state index in [0.29, 0.717) is 19.4 Å². The first-order chi connectivity index (χ1) is 13.7. The van der Waals surface area contributed by atoms with Crippen LogP contribution in [0.25, 0.3) is 10.6 Å². The molecule has 0 saturated heterocycles. The van der Waals surface area contributed by atoms with E-state index in [9.17, 15) is 9.59 Å².